The summed E-state index contributed by atoms with van der Waals surface area (Å²) in [4.78, 5) is 4.12. The van der Waals surface area contributed by atoms with Gasteiger partial charge in [0, 0.05) is 12.2 Å². The molecule has 0 spiro atoms. The largest absolute Gasteiger partial charge is 0.324 e. The minimum Gasteiger partial charge on any atom is -0.324 e. The molecular formula is C9H12N2. The van der Waals surface area contributed by atoms with Crippen molar-refractivity contribution in [3.63, 3.8) is 0 Å². The van der Waals surface area contributed by atoms with Crippen molar-refractivity contribution in [1.29, 1.82) is 0 Å². The van der Waals surface area contributed by atoms with E-state index in [4.69, 9.17) is 5.73 Å². The van der Waals surface area contributed by atoms with Gasteiger partial charge in [0.15, 0.2) is 0 Å². The van der Waals surface area contributed by atoms with Crippen LogP contribution in [0.5, 0.6) is 0 Å². The second-order valence-corrected chi connectivity index (χ2v) is 2.47. The van der Waals surface area contributed by atoms with E-state index < -0.39 is 0 Å². The topological polar surface area (TPSA) is 38.9 Å². The van der Waals surface area contributed by atoms with Crippen molar-refractivity contribution in [3.05, 3.63) is 36.2 Å². The van der Waals surface area contributed by atoms with Crippen LogP contribution in [-0.4, -0.2) is 4.98 Å². The highest BCUT2D eigenvalue weighted by Crippen LogP contribution is 2.13. The quantitative estimate of drug-likeness (QED) is 0.693. The number of hydrogen-bond donors (Lipinski definition) is 1. The van der Waals surface area contributed by atoms with Crippen LogP contribution in [-0.2, 0) is 0 Å². The van der Waals surface area contributed by atoms with Crippen LogP contribution in [0.25, 0.3) is 6.08 Å². The Morgan fingerprint density at radius 3 is 2.91 bits per heavy atom. The number of aromatic nitrogens is 1. The summed E-state index contributed by atoms with van der Waals surface area (Å²) in [5.74, 6) is 0. The lowest BCUT2D eigenvalue weighted by atomic mass is 10.1. The van der Waals surface area contributed by atoms with Crippen molar-refractivity contribution in [1.82, 2.24) is 4.98 Å². The summed E-state index contributed by atoms with van der Waals surface area (Å²) >= 11 is 0. The highest BCUT2D eigenvalue weighted by molar-refractivity contribution is 5.47. The van der Waals surface area contributed by atoms with Gasteiger partial charge in [-0.1, -0.05) is 12.6 Å². The zero-order valence-electron chi connectivity index (χ0n) is 6.62. The van der Waals surface area contributed by atoms with Gasteiger partial charge < -0.3 is 5.73 Å². The molecule has 1 heterocycles. The first-order valence-electron chi connectivity index (χ1n) is 3.58. The molecule has 0 aliphatic heterocycles. The van der Waals surface area contributed by atoms with Gasteiger partial charge in [0.1, 0.15) is 0 Å². The van der Waals surface area contributed by atoms with Crippen molar-refractivity contribution < 1.29 is 0 Å². The third kappa shape index (κ3) is 1.65. The van der Waals surface area contributed by atoms with Gasteiger partial charge in [-0.15, -0.1) is 0 Å². The van der Waals surface area contributed by atoms with Gasteiger partial charge in [-0.3, -0.25) is 4.98 Å². The molecule has 11 heavy (non-hydrogen) atoms. The van der Waals surface area contributed by atoms with Crippen molar-refractivity contribution in [2.24, 2.45) is 5.73 Å². The van der Waals surface area contributed by atoms with Crippen molar-refractivity contribution >= 4 is 6.08 Å². The second-order valence-electron chi connectivity index (χ2n) is 2.47. The van der Waals surface area contributed by atoms with E-state index in [1.807, 2.05) is 19.1 Å². The Balaban J connectivity index is 3.12. The van der Waals surface area contributed by atoms with Crippen LogP contribution in [0.2, 0.25) is 0 Å². The van der Waals surface area contributed by atoms with Gasteiger partial charge in [-0.2, -0.15) is 0 Å². The van der Waals surface area contributed by atoms with Crippen LogP contribution in [0.1, 0.15) is 24.2 Å². The van der Waals surface area contributed by atoms with E-state index in [1.165, 1.54) is 0 Å². The molecule has 0 bridgehead atoms. The van der Waals surface area contributed by atoms with Gasteiger partial charge in [0.05, 0.1) is 5.69 Å². The summed E-state index contributed by atoms with van der Waals surface area (Å²) in [5, 5.41) is 0. The standard InChI is InChI=1S/C9H12N2/c1-3-9-8(7(2)10)5-4-6-11-9/h3-7H,1,10H2,2H3. The maximum atomic E-state index is 5.70. The fourth-order valence-electron chi connectivity index (χ4n) is 0.986. The van der Waals surface area contributed by atoms with E-state index in [2.05, 4.69) is 11.6 Å². The molecule has 0 fully saturated rings. The van der Waals surface area contributed by atoms with Gasteiger partial charge in [-0.05, 0) is 24.6 Å². The van der Waals surface area contributed by atoms with Crippen LogP contribution < -0.4 is 5.73 Å². The highest BCUT2D eigenvalue weighted by Gasteiger charge is 2.02. The normalized spacial score (nSPS) is 12.5. The first-order chi connectivity index (χ1) is 5.25. The molecule has 0 radical (unpaired) electrons. The summed E-state index contributed by atoms with van der Waals surface area (Å²) in [6, 6.07) is 3.87. The van der Waals surface area contributed by atoms with Gasteiger partial charge in [0.2, 0.25) is 0 Å². The van der Waals surface area contributed by atoms with E-state index >= 15 is 0 Å². The number of pyridine rings is 1. The zero-order chi connectivity index (χ0) is 8.27. The molecule has 1 rings (SSSR count). The zero-order valence-corrected chi connectivity index (χ0v) is 6.62. The maximum absolute atomic E-state index is 5.70. The second kappa shape index (κ2) is 3.30. The molecule has 2 nitrogen and oxygen atoms in total. The molecule has 0 saturated heterocycles. The number of nitrogens with two attached hydrogens (primary N) is 1. The summed E-state index contributed by atoms with van der Waals surface area (Å²) in [6.07, 6.45) is 3.46. The molecule has 1 aromatic rings. The van der Waals surface area contributed by atoms with Crippen LogP contribution in [0, 0.1) is 0 Å². The van der Waals surface area contributed by atoms with E-state index in [1.54, 1.807) is 12.3 Å². The summed E-state index contributed by atoms with van der Waals surface area (Å²) < 4.78 is 0. The molecule has 0 aromatic carbocycles. The first-order valence-corrected chi connectivity index (χ1v) is 3.58. The fraction of sp³-hybridized carbons (Fsp3) is 0.222. The summed E-state index contributed by atoms with van der Waals surface area (Å²) in [6.45, 7) is 5.59. The first kappa shape index (κ1) is 7.95. The van der Waals surface area contributed by atoms with Crippen LogP contribution >= 0.6 is 0 Å². The highest BCUT2D eigenvalue weighted by atomic mass is 14.7. The lowest BCUT2D eigenvalue weighted by Gasteiger charge is -2.07. The molecule has 1 unspecified atom stereocenters. The number of rotatable bonds is 2. The molecule has 0 amide bonds. The molecule has 0 aliphatic carbocycles. The van der Waals surface area contributed by atoms with Gasteiger partial charge in [-0.25, -0.2) is 0 Å². The fourth-order valence-corrected chi connectivity index (χ4v) is 0.986. The van der Waals surface area contributed by atoms with Crippen LogP contribution in [0.4, 0.5) is 0 Å². The molecule has 1 atom stereocenters. The van der Waals surface area contributed by atoms with Gasteiger partial charge >= 0.3 is 0 Å². The lowest BCUT2D eigenvalue weighted by molar-refractivity contribution is 0.808. The minimum absolute atomic E-state index is 0.0247. The Hall–Kier alpha value is -1.15. The van der Waals surface area contributed by atoms with Crippen LogP contribution in [0.3, 0.4) is 0 Å². The molecule has 2 heteroatoms. The molecule has 0 saturated carbocycles. The van der Waals surface area contributed by atoms with Gasteiger partial charge in [0.25, 0.3) is 0 Å². The predicted molar refractivity (Wildman–Crippen MR) is 46.9 cm³/mol. The van der Waals surface area contributed by atoms with Crippen LogP contribution in [0.15, 0.2) is 24.9 Å². The Bertz CT molecular complexity index is 253. The minimum atomic E-state index is 0.0247. The Morgan fingerprint density at radius 1 is 1.73 bits per heavy atom. The molecule has 1 aromatic heterocycles. The Kier molecular flexibility index (Phi) is 2.39. The third-order valence-corrected chi connectivity index (χ3v) is 1.56. The summed E-state index contributed by atoms with van der Waals surface area (Å²) in [5.41, 5.74) is 7.62. The van der Waals surface area contributed by atoms with E-state index in [0.717, 1.165) is 11.3 Å². The average Bonchev–Trinajstić information content (AvgIpc) is 2.04. The van der Waals surface area contributed by atoms with Crippen molar-refractivity contribution in [2.75, 3.05) is 0 Å². The average molecular weight is 148 g/mol. The SMILES string of the molecule is C=Cc1ncccc1C(C)N. The lowest BCUT2D eigenvalue weighted by Crippen LogP contribution is -2.07. The van der Waals surface area contributed by atoms with E-state index in [-0.39, 0.29) is 6.04 Å². The molecule has 0 aliphatic rings. The Labute approximate surface area is 66.8 Å². The third-order valence-electron chi connectivity index (χ3n) is 1.56. The number of hydrogen-bond acceptors (Lipinski definition) is 2. The predicted octanol–water partition coefficient (Wildman–Crippen LogP) is 1.74. The van der Waals surface area contributed by atoms with Crippen molar-refractivity contribution in [3.8, 4) is 0 Å². The molecular weight excluding hydrogens is 136 g/mol. The van der Waals surface area contributed by atoms with Crippen molar-refractivity contribution in [2.45, 2.75) is 13.0 Å². The molecule has 2 N–H and O–H groups in total. The van der Waals surface area contributed by atoms with E-state index in [9.17, 15) is 0 Å². The monoisotopic (exact) mass is 148 g/mol. The molecule has 58 valence electrons. The smallest absolute Gasteiger partial charge is 0.0671 e. The Morgan fingerprint density at radius 2 is 2.45 bits per heavy atom. The maximum Gasteiger partial charge on any atom is 0.0671 e. The number of nitrogens with zero attached hydrogens (tertiary/aromatic N) is 1. The van der Waals surface area contributed by atoms with E-state index in [0.29, 0.717) is 0 Å². The summed E-state index contributed by atoms with van der Waals surface area (Å²) in [7, 11) is 0.